The maximum Gasteiger partial charge on any atom is 0.0963 e. The summed E-state index contributed by atoms with van der Waals surface area (Å²) in [6.07, 6.45) is 2.61. The molecule has 1 aromatic heterocycles. The summed E-state index contributed by atoms with van der Waals surface area (Å²) in [6, 6.07) is 8.18. The first-order valence-electron chi connectivity index (χ1n) is 6.29. The molecule has 0 aliphatic heterocycles. The molecule has 1 heterocycles. The summed E-state index contributed by atoms with van der Waals surface area (Å²) in [5.74, 6) is 0.730. The molecule has 4 N–H and O–H groups in total. The molecular weight excluding hydrogens is 242 g/mol. The Balaban J connectivity index is 1.82. The number of hydrogen-bond donors (Lipinski definition) is 2. The third-order valence-electron chi connectivity index (χ3n) is 3.34. The summed E-state index contributed by atoms with van der Waals surface area (Å²) in [5, 5.41) is 3.43. The SMILES string of the molecule is NCC(N)c1ccc(-c2csc(C3CC3)n2)cc1. The Morgan fingerprint density at radius 2 is 2.00 bits per heavy atom. The molecular formula is C14H17N3S. The van der Waals surface area contributed by atoms with Crippen molar-refractivity contribution in [3.63, 3.8) is 0 Å². The van der Waals surface area contributed by atoms with Crippen LogP contribution in [0.4, 0.5) is 0 Å². The highest BCUT2D eigenvalue weighted by atomic mass is 32.1. The standard InChI is InChI=1S/C14H17N3S/c15-7-12(16)9-1-3-10(4-2-9)13-8-18-14(17-13)11-5-6-11/h1-4,8,11-12H,5-7,15-16H2. The molecule has 0 saturated heterocycles. The van der Waals surface area contributed by atoms with Gasteiger partial charge in [-0.15, -0.1) is 11.3 Å². The van der Waals surface area contributed by atoms with Gasteiger partial charge in [-0.25, -0.2) is 4.98 Å². The number of thiazole rings is 1. The van der Waals surface area contributed by atoms with E-state index in [-0.39, 0.29) is 6.04 Å². The van der Waals surface area contributed by atoms with Crippen LogP contribution >= 0.6 is 11.3 Å². The number of benzene rings is 1. The zero-order chi connectivity index (χ0) is 12.5. The molecule has 1 fully saturated rings. The van der Waals surface area contributed by atoms with E-state index in [0.717, 1.165) is 22.7 Å². The van der Waals surface area contributed by atoms with Crippen molar-refractivity contribution in [2.24, 2.45) is 11.5 Å². The van der Waals surface area contributed by atoms with E-state index in [4.69, 9.17) is 16.5 Å². The molecule has 1 atom stereocenters. The molecule has 0 spiro atoms. The van der Waals surface area contributed by atoms with Gasteiger partial charge in [-0.05, 0) is 18.4 Å². The highest BCUT2D eigenvalue weighted by Crippen LogP contribution is 2.42. The molecule has 1 unspecified atom stereocenters. The molecule has 1 saturated carbocycles. The fraction of sp³-hybridized carbons (Fsp3) is 0.357. The number of nitrogens with zero attached hydrogens (tertiary/aromatic N) is 1. The predicted molar refractivity (Wildman–Crippen MR) is 75.5 cm³/mol. The summed E-state index contributed by atoms with van der Waals surface area (Å²) in [4.78, 5) is 4.70. The van der Waals surface area contributed by atoms with Crippen LogP contribution in [0.1, 0.15) is 35.4 Å². The summed E-state index contributed by atoms with van der Waals surface area (Å²) < 4.78 is 0. The van der Waals surface area contributed by atoms with E-state index in [1.807, 2.05) is 12.1 Å². The van der Waals surface area contributed by atoms with Crippen LogP contribution in [0.15, 0.2) is 29.6 Å². The lowest BCUT2D eigenvalue weighted by Gasteiger charge is -2.09. The van der Waals surface area contributed by atoms with Crippen LogP contribution < -0.4 is 11.5 Å². The largest absolute Gasteiger partial charge is 0.329 e. The van der Waals surface area contributed by atoms with Gasteiger partial charge in [-0.3, -0.25) is 0 Å². The topological polar surface area (TPSA) is 64.9 Å². The number of aromatic nitrogens is 1. The summed E-state index contributed by atoms with van der Waals surface area (Å²) >= 11 is 1.77. The van der Waals surface area contributed by atoms with Crippen molar-refractivity contribution in [1.82, 2.24) is 4.98 Å². The van der Waals surface area contributed by atoms with Crippen molar-refractivity contribution in [3.05, 3.63) is 40.2 Å². The van der Waals surface area contributed by atoms with E-state index in [0.29, 0.717) is 6.54 Å². The molecule has 1 aromatic carbocycles. The molecule has 18 heavy (non-hydrogen) atoms. The quantitative estimate of drug-likeness (QED) is 0.887. The van der Waals surface area contributed by atoms with Gasteiger partial charge in [0, 0.05) is 29.4 Å². The van der Waals surface area contributed by atoms with Crippen molar-refractivity contribution >= 4 is 11.3 Å². The lowest BCUT2D eigenvalue weighted by Crippen LogP contribution is -2.20. The van der Waals surface area contributed by atoms with Crippen LogP contribution in [0, 0.1) is 0 Å². The highest BCUT2D eigenvalue weighted by molar-refractivity contribution is 7.10. The molecule has 2 aromatic rings. The van der Waals surface area contributed by atoms with Gasteiger partial charge in [0.15, 0.2) is 0 Å². The van der Waals surface area contributed by atoms with E-state index in [9.17, 15) is 0 Å². The normalized spacial score (nSPS) is 16.8. The Labute approximate surface area is 111 Å². The van der Waals surface area contributed by atoms with Gasteiger partial charge in [0.05, 0.1) is 10.7 Å². The first-order chi connectivity index (χ1) is 8.78. The minimum Gasteiger partial charge on any atom is -0.329 e. The average molecular weight is 259 g/mol. The second kappa shape index (κ2) is 4.80. The Morgan fingerprint density at radius 1 is 1.28 bits per heavy atom. The molecule has 94 valence electrons. The van der Waals surface area contributed by atoms with E-state index in [1.54, 1.807) is 11.3 Å². The van der Waals surface area contributed by atoms with Gasteiger partial charge in [0.1, 0.15) is 0 Å². The summed E-state index contributed by atoms with van der Waals surface area (Å²) in [7, 11) is 0. The fourth-order valence-electron chi connectivity index (χ4n) is 1.98. The third-order valence-corrected chi connectivity index (χ3v) is 4.34. The molecule has 3 nitrogen and oxygen atoms in total. The molecule has 0 radical (unpaired) electrons. The maximum absolute atomic E-state index is 5.90. The lowest BCUT2D eigenvalue weighted by molar-refractivity contribution is 0.737. The van der Waals surface area contributed by atoms with Crippen molar-refractivity contribution in [2.45, 2.75) is 24.8 Å². The van der Waals surface area contributed by atoms with Crippen LogP contribution in [-0.4, -0.2) is 11.5 Å². The first-order valence-corrected chi connectivity index (χ1v) is 7.17. The van der Waals surface area contributed by atoms with Crippen LogP contribution in [0.25, 0.3) is 11.3 Å². The number of hydrogen-bond acceptors (Lipinski definition) is 4. The Morgan fingerprint density at radius 3 is 2.61 bits per heavy atom. The number of nitrogens with two attached hydrogens (primary N) is 2. The van der Waals surface area contributed by atoms with E-state index in [2.05, 4.69) is 17.5 Å². The van der Waals surface area contributed by atoms with Crippen molar-refractivity contribution < 1.29 is 0 Å². The lowest BCUT2D eigenvalue weighted by atomic mass is 10.0. The number of rotatable bonds is 4. The highest BCUT2D eigenvalue weighted by Gasteiger charge is 2.26. The average Bonchev–Trinajstić information content (AvgIpc) is 3.16. The zero-order valence-electron chi connectivity index (χ0n) is 10.2. The monoisotopic (exact) mass is 259 g/mol. The van der Waals surface area contributed by atoms with Crippen molar-refractivity contribution in [2.75, 3.05) is 6.54 Å². The van der Waals surface area contributed by atoms with E-state index >= 15 is 0 Å². The first kappa shape index (κ1) is 11.8. The Hall–Kier alpha value is -1.23. The van der Waals surface area contributed by atoms with Gasteiger partial charge in [0.2, 0.25) is 0 Å². The molecule has 1 aliphatic rings. The summed E-state index contributed by atoms with van der Waals surface area (Å²) in [6.45, 7) is 0.474. The molecule has 0 bridgehead atoms. The Bertz CT molecular complexity index is 528. The molecule has 0 amide bonds. The van der Waals surface area contributed by atoms with Crippen LogP contribution in [0.2, 0.25) is 0 Å². The predicted octanol–water partition coefficient (Wildman–Crippen LogP) is 2.65. The van der Waals surface area contributed by atoms with Gasteiger partial charge in [0.25, 0.3) is 0 Å². The van der Waals surface area contributed by atoms with Crippen LogP contribution in [0.3, 0.4) is 0 Å². The van der Waals surface area contributed by atoms with Gasteiger partial charge >= 0.3 is 0 Å². The smallest absolute Gasteiger partial charge is 0.0963 e. The second-order valence-electron chi connectivity index (χ2n) is 4.81. The van der Waals surface area contributed by atoms with E-state index in [1.165, 1.54) is 17.8 Å². The third kappa shape index (κ3) is 2.32. The van der Waals surface area contributed by atoms with Gasteiger partial charge in [-0.2, -0.15) is 0 Å². The molecule has 4 heteroatoms. The van der Waals surface area contributed by atoms with Gasteiger partial charge in [-0.1, -0.05) is 24.3 Å². The fourth-order valence-corrected chi connectivity index (χ4v) is 2.98. The second-order valence-corrected chi connectivity index (χ2v) is 5.70. The molecule has 1 aliphatic carbocycles. The van der Waals surface area contributed by atoms with Gasteiger partial charge < -0.3 is 11.5 Å². The minimum absolute atomic E-state index is 0.0727. The summed E-state index contributed by atoms with van der Waals surface area (Å²) in [5.41, 5.74) is 14.8. The van der Waals surface area contributed by atoms with E-state index < -0.39 is 0 Å². The maximum atomic E-state index is 5.90. The van der Waals surface area contributed by atoms with Crippen LogP contribution in [-0.2, 0) is 0 Å². The zero-order valence-corrected chi connectivity index (χ0v) is 11.0. The van der Waals surface area contributed by atoms with Crippen LogP contribution in [0.5, 0.6) is 0 Å². The Kier molecular flexibility index (Phi) is 3.16. The van der Waals surface area contributed by atoms with Crippen molar-refractivity contribution in [3.8, 4) is 11.3 Å². The van der Waals surface area contributed by atoms with Crippen molar-refractivity contribution in [1.29, 1.82) is 0 Å². The minimum atomic E-state index is -0.0727. The molecule has 3 rings (SSSR count).